The molecule has 23 heavy (non-hydrogen) atoms. The summed E-state index contributed by atoms with van der Waals surface area (Å²) in [5, 5.41) is 5.40. The third-order valence-electron chi connectivity index (χ3n) is 4.54. The Bertz CT molecular complexity index is 539. The molecule has 0 aliphatic carbocycles. The zero-order valence-electron chi connectivity index (χ0n) is 12.9. The van der Waals surface area contributed by atoms with E-state index in [0.29, 0.717) is 13.2 Å². The van der Waals surface area contributed by atoms with E-state index in [1.807, 2.05) is 30.3 Å². The van der Waals surface area contributed by atoms with Crippen LogP contribution >= 0.6 is 0 Å². The lowest BCUT2D eigenvalue weighted by Gasteiger charge is -2.32. The molecule has 0 aromatic heterocycles. The van der Waals surface area contributed by atoms with Gasteiger partial charge in [0, 0.05) is 25.5 Å². The van der Waals surface area contributed by atoms with E-state index in [0.717, 1.165) is 18.4 Å². The number of rotatable bonds is 4. The van der Waals surface area contributed by atoms with Crippen LogP contribution in [0, 0.1) is 5.92 Å². The number of amides is 1. The van der Waals surface area contributed by atoms with Gasteiger partial charge in [0.1, 0.15) is 0 Å². The summed E-state index contributed by atoms with van der Waals surface area (Å²) in [7, 11) is 0. The van der Waals surface area contributed by atoms with Crippen molar-refractivity contribution in [2.45, 2.75) is 37.3 Å². The van der Waals surface area contributed by atoms with E-state index < -0.39 is 24.9 Å². The van der Waals surface area contributed by atoms with Crippen LogP contribution in [0.2, 0.25) is 0 Å². The number of carbonyl (C=O) groups excluding carboxylic acids is 1. The Morgan fingerprint density at radius 3 is 2.83 bits per heavy atom. The molecule has 2 N–H and O–H groups in total. The van der Waals surface area contributed by atoms with Gasteiger partial charge in [0.2, 0.25) is 5.91 Å². The molecule has 2 saturated heterocycles. The van der Waals surface area contributed by atoms with Crippen molar-refractivity contribution in [3.63, 3.8) is 0 Å². The van der Waals surface area contributed by atoms with Gasteiger partial charge < -0.3 is 10.1 Å². The second-order valence-corrected chi connectivity index (χ2v) is 6.34. The van der Waals surface area contributed by atoms with Crippen molar-refractivity contribution in [3.05, 3.63) is 35.9 Å². The molecule has 0 spiro atoms. The Balaban J connectivity index is 1.57. The smallest absolute Gasteiger partial charge is 0.262 e. The topological polar surface area (TPSA) is 50.4 Å². The van der Waals surface area contributed by atoms with Gasteiger partial charge in [-0.1, -0.05) is 30.3 Å². The number of alkyl halides is 2. The third kappa shape index (κ3) is 4.06. The van der Waals surface area contributed by atoms with Gasteiger partial charge >= 0.3 is 0 Å². The molecule has 2 heterocycles. The molecular formula is C17H22F2N2O2. The standard InChI is InChI=1S/C17H22F2N2O2/c18-17(19)9-14(21-11-17)16(22)20-10-13-7-4-8-23-15(13)12-5-2-1-3-6-12/h1-3,5-6,13-15,21H,4,7-11H2,(H,20,22). The molecule has 2 aliphatic rings. The van der Waals surface area contributed by atoms with Gasteiger partial charge in [-0.15, -0.1) is 0 Å². The number of hydrogen-bond acceptors (Lipinski definition) is 3. The van der Waals surface area contributed by atoms with Crippen molar-refractivity contribution in [1.82, 2.24) is 10.6 Å². The first-order chi connectivity index (χ1) is 11.1. The lowest BCUT2D eigenvalue weighted by Crippen LogP contribution is -2.43. The fourth-order valence-electron chi connectivity index (χ4n) is 3.32. The maximum absolute atomic E-state index is 13.2. The van der Waals surface area contributed by atoms with E-state index in [-0.39, 0.29) is 17.9 Å². The zero-order valence-corrected chi connectivity index (χ0v) is 12.9. The molecule has 2 aliphatic heterocycles. The molecule has 6 heteroatoms. The van der Waals surface area contributed by atoms with Crippen molar-refractivity contribution in [2.75, 3.05) is 19.7 Å². The summed E-state index contributed by atoms with van der Waals surface area (Å²) in [6.07, 6.45) is 1.42. The number of benzene rings is 1. The van der Waals surface area contributed by atoms with Gasteiger partial charge in [-0.25, -0.2) is 8.78 Å². The van der Waals surface area contributed by atoms with Crippen molar-refractivity contribution in [1.29, 1.82) is 0 Å². The first-order valence-corrected chi connectivity index (χ1v) is 8.11. The average molecular weight is 324 g/mol. The van der Waals surface area contributed by atoms with Crippen LogP contribution in [0.5, 0.6) is 0 Å². The van der Waals surface area contributed by atoms with Crippen LogP contribution in [0.15, 0.2) is 30.3 Å². The molecular weight excluding hydrogens is 302 g/mol. The highest BCUT2D eigenvalue weighted by Gasteiger charge is 2.42. The van der Waals surface area contributed by atoms with E-state index in [1.165, 1.54) is 0 Å². The molecule has 0 bridgehead atoms. The normalized spacial score (nSPS) is 30.1. The van der Waals surface area contributed by atoms with Crippen LogP contribution in [0.3, 0.4) is 0 Å². The first-order valence-electron chi connectivity index (χ1n) is 8.11. The minimum atomic E-state index is -2.79. The number of nitrogens with one attached hydrogen (secondary N) is 2. The Morgan fingerprint density at radius 1 is 1.35 bits per heavy atom. The zero-order chi connectivity index (χ0) is 16.3. The first kappa shape index (κ1) is 16.3. The fraction of sp³-hybridized carbons (Fsp3) is 0.588. The van der Waals surface area contributed by atoms with Crippen LogP contribution in [-0.2, 0) is 9.53 Å². The maximum atomic E-state index is 13.2. The molecule has 1 amide bonds. The molecule has 126 valence electrons. The van der Waals surface area contributed by atoms with E-state index >= 15 is 0 Å². The highest BCUT2D eigenvalue weighted by atomic mass is 19.3. The Kier molecular flexibility index (Phi) is 4.92. The van der Waals surface area contributed by atoms with Gasteiger partial charge in [0.25, 0.3) is 5.92 Å². The number of carbonyl (C=O) groups is 1. The molecule has 0 radical (unpaired) electrons. The number of ether oxygens (including phenoxy) is 1. The highest BCUT2D eigenvalue weighted by molar-refractivity contribution is 5.82. The molecule has 1 aromatic carbocycles. The summed E-state index contributed by atoms with van der Waals surface area (Å²) >= 11 is 0. The molecule has 1 aromatic rings. The quantitative estimate of drug-likeness (QED) is 0.893. The summed E-state index contributed by atoms with van der Waals surface area (Å²) in [6, 6.07) is 9.12. The molecule has 2 fully saturated rings. The monoisotopic (exact) mass is 324 g/mol. The molecule has 3 atom stereocenters. The van der Waals surface area contributed by atoms with Crippen LogP contribution in [0.25, 0.3) is 0 Å². The van der Waals surface area contributed by atoms with Gasteiger partial charge in [0.15, 0.2) is 0 Å². The molecule has 3 unspecified atom stereocenters. The van der Waals surface area contributed by atoms with Gasteiger partial charge in [-0.3, -0.25) is 10.1 Å². The molecule has 0 saturated carbocycles. The summed E-state index contributed by atoms with van der Waals surface area (Å²) in [6.45, 7) is 0.729. The summed E-state index contributed by atoms with van der Waals surface area (Å²) in [5.74, 6) is -2.97. The fourth-order valence-corrected chi connectivity index (χ4v) is 3.32. The van der Waals surface area contributed by atoms with Crippen LogP contribution in [-0.4, -0.2) is 37.6 Å². The SMILES string of the molecule is O=C(NCC1CCCOC1c1ccccc1)C1CC(F)(F)CN1. The summed E-state index contributed by atoms with van der Waals surface area (Å²) < 4.78 is 32.2. The van der Waals surface area contributed by atoms with Crippen LogP contribution in [0.4, 0.5) is 8.78 Å². The second kappa shape index (κ2) is 6.93. The molecule has 4 nitrogen and oxygen atoms in total. The number of halogens is 2. The van der Waals surface area contributed by atoms with Crippen molar-refractivity contribution in [3.8, 4) is 0 Å². The minimum absolute atomic E-state index is 0.0526. The van der Waals surface area contributed by atoms with Crippen LogP contribution in [0.1, 0.15) is 30.9 Å². The predicted octanol–water partition coefficient (Wildman–Crippen LogP) is 2.27. The van der Waals surface area contributed by atoms with Crippen molar-refractivity contribution < 1.29 is 18.3 Å². The largest absolute Gasteiger partial charge is 0.373 e. The number of hydrogen-bond donors (Lipinski definition) is 2. The van der Waals surface area contributed by atoms with Gasteiger partial charge in [-0.2, -0.15) is 0 Å². The maximum Gasteiger partial charge on any atom is 0.262 e. The summed E-state index contributed by atoms with van der Waals surface area (Å²) in [5.41, 5.74) is 1.09. The second-order valence-electron chi connectivity index (χ2n) is 6.34. The molecule has 3 rings (SSSR count). The van der Waals surface area contributed by atoms with Gasteiger partial charge in [0.05, 0.1) is 18.7 Å². The lowest BCUT2D eigenvalue weighted by molar-refractivity contribution is -0.124. The van der Waals surface area contributed by atoms with E-state index in [1.54, 1.807) is 0 Å². The van der Waals surface area contributed by atoms with Crippen molar-refractivity contribution in [2.24, 2.45) is 5.92 Å². The van der Waals surface area contributed by atoms with E-state index in [2.05, 4.69) is 10.6 Å². The minimum Gasteiger partial charge on any atom is -0.373 e. The third-order valence-corrected chi connectivity index (χ3v) is 4.54. The van der Waals surface area contributed by atoms with Crippen LogP contribution < -0.4 is 10.6 Å². The Morgan fingerprint density at radius 2 is 2.13 bits per heavy atom. The van der Waals surface area contributed by atoms with E-state index in [9.17, 15) is 13.6 Å². The van der Waals surface area contributed by atoms with Crippen molar-refractivity contribution >= 4 is 5.91 Å². The lowest BCUT2D eigenvalue weighted by atomic mass is 9.89. The average Bonchev–Trinajstić information content (AvgIpc) is 2.94. The Hall–Kier alpha value is -1.53. The van der Waals surface area contributed by atoms with Gasteiger partial charge in [-0.05, 0) is 18.4 Å². The Labute approximate surface area is 134 Å². The summed E-state index contributed by atoms with van der Waals surface area (Å²) in [4.78, 5) is 12.1. The highest BCUT2D eigenvalue weighted by Crippen LogP contribution is 2.33. The predicted molar refractivity (Wildman–Crippen MR) is 82.2 cm³/mol. The van der Waals surface area contributed by atoms with E-state index in [4.69, 9.17) is 4.74 Å².